The standard InChI is InChI=1S/C20H32N4O3/c21-9-6-17(19(25)22-10-2-1-3-11-22)15-18-5-4-12-24(18)23-13-7-16(8-14-23)20(26)27/h4-5,12,16-17H,1-3,6-11,13-15,21H2,(H,26,27). The van der Waals surface area contributed by atoms with Gasteiger partial charge in [0.2, 0.25) is 5.91 Å². The molecule has 3 heterocycles. The number of piperidine rings is 2. The summed E-state index contributed by atoms with van der Waals surface area (Å²) in [4.78, 5) is 26.2. The molecule has 2 aliphatic rings. The lowest BCUT2D eigenvalue weighted by Crippen LogP contribution is -2.44. The van der Waals surface area contributed by atoms with Crippen LogP contribution in [0.2, 0.25) is 0 Å². The molecule has 0 spiro atoms. The number of amides is 1. The normalized spacial score (nSPS) is 19.9. The van der Waals surface area contributed by atoms with E-state index >= 15 is 0 Å². The molecule has 3 N–H and O–H groups in total. The van der Waals surface area contributed by atoms with Gasteiger partial charge in [0, 0.05) is 50.4 Å². The Kier molecular flexibility index (Phi) is 6.77. The van der Waals surface area contributed by atoms with Crippen LogP contribution >= 0.6 is 0 Å². The Balaban J connectivity index is 1.66. The Morgan fingerprint density at radius 3 is 2.48 bits per heavy atom. The lowest BCUT2D eigenvalue weighted by atomic mass is 9.96. The van der Waals surface area contributed by atoms with Gasteiger partial charge in [-0.2, -0.15) is 0 Å². The highest BCUT2D eigenvalue weighted by atomic mass is 16.4. The Hall–Kier alpha value is -2.02. The van der Waals surface area contributed by atoms with Gasteiger partial charge in [0.15, 0.2) is 0 Å². The minimum atomic E-state index is -0.697. The first kappa shape index (κ1) is 19.7. The Labute approximate surface area is 161 Å². The van der Waals surface area contributed by atoms with E-state index in [4.69, 9.17) is 5.73 Å². The summed E-state index contributed by atoms with van der Waals surface area (Å²) >= 11 is 0. The maximum Gasteiger partial charge on any atom is 0.306 e. The van der Waals surface area contributed by atoms with E-state index in [1.807, 2.05) is 17.2 Å². The molecule has 150 valence electrons. The number of aromatic nitrogens is 1. The predicted molar refractivity (Wildman–Crippen MR) is 104 cm³/mol. The summed E-state index contributed by atoms with van der Waals surface area (Å²) in [7, 11) is 0. The quantitative estimate of drug-likeness (QED) is 0.751. The van der Waals surface area contributed by atoms with Gasteiger partial charge in [-0.25, -0.2) is 0 Å². The highest BCUT2D eigenvalue weighted by molar-refractivity contribution is 5.79. The first-order chi connectivity index (χ1) is 13.1. The Bertz CT molecular complexity index is 631. The van der Waals surface area contributed by atoms with Crippen molar-refractivity contribution in [2.75, 3.05) is 37.7 Å². The number of likely N-dealkylation sites (tertiary alicyclic amines) is 1. The van der Waals surface area contributed by atoms with E-state index in [2.05, 4.69) is 15.8 Å². The maximum absolute atomic E-state index is 13.0. The number of nitrogens with two attached hydrogens (primary N) is 1. The third-order valence-electron chi connectivity index (χ3n) is 5.92. The van der Waals surface area contributed by atoms with Crippen molar-refractivity contribution in [3.63, 3.8) is 0 Å². The molecule has 1 amide bonds. The van der Waals surface area contributed by atoms with E-state index in [-0.39, 0.29) is 17.7 Å². The zero-order chi connectivity index (χ0) is 19.2. The lowest BCUT2D eigenvalue weighted by Gasteiger charge is -2.35. The van der Waals surface area contributed by atoms with Crippen molar-refractivity contribution in [2.45, 2.75) is 44.9 Å². The molecule has 27 heavy (non-hydrogen) atoms. The van der Waals surface area contributed by atoms with Crippen molar-refractivity contribution in [2.24, 2.45) is 17.6 Å². The summed E-state index contributed by atoms with van der Waals surface area (Å²) in [5.41, 5.74) is 6.91. The molecule has 0 radical (unpaired) electrons. The number of hydrogen-bond acceptors (Lipinski definition) is 4. The van der Waals surface area contributed by atoms with Crippen LogP contribution < -0.4 is 10.7 Å². The first-order valence-electron chi connectivity index (χ1n) is 10.2. The SMILES string of the molecule is NCCC(Cc1cccn1N1CCC(C(=O)O)CC1)C(=O)N1CCCCC1. The fraction of sp³-hybridized carbons (Fsp3) is 0.700. The van der Waals surface area contributed by atoms with Crippen LogP contribution in [0.15, 0.2) is 18.3 Å². The van der Waals surface area contributed by atoms with Gasteiger partial charge in [0.1, 0.15) is 0 Å². The van der Waals surface area contributed by atoms with Gasteiger partial charge < -0.3 is 20.7 Å². The zero-order valence-electron chi connectivity index (χ0n) is 16.1. The van der Waals surface area contributed by atoms with Crippen LogP contribution in [0.5, 0.6) is 0 Å². The van der Waals surface area contributed by atoms with Crippen molar-refractivity contribution in [3.8, 4) is 0 Å². The van der Waals surface area contributed by atoms with Crippen LogP contribution in [0.3, 0.4) is 0 Å². The summed E-state index contributed by atoms with van der Waals surface area (Å²) in [6, 6.07) is 4.07. The third kappa shape index (κ3) is 4.83. The molecule has 3 rings (SSSR count). The second kappa shape index (κ2) is 9.26. The van der Waals surface area contributed by atoms with Gasteiger partial charge in [0.25, 0.3) is 0 Å². The number of carboxylic acid groups (broad SMARTS) is 1. The molecule has 1 aromatic rings. The van der Waals surface area contributed by atoms with E-state index in [0.29, 0.717) is 32.2 Å². The second-order valence-electron chi connectivity index (χ2n) is 7.77. The van der Waals surface area contributed by atoms with Crippen LogP contribution in [0.4, 0.5) is 0 Å². The van der Waals surface area contributed by atoms with Crippen LogP contribution in [-0.4, -0.2) is 59.3 Å². The minimum Gasteiger partial charge on any atom is -0.481 e. The van der Waals surface area contributed by atoms with Crippen LogP contribution in [-0.2, 0) is 16.0 Å². The molecule has 1 aromatic heterocycles. The predicted octanol–water partition coefficient (Wildman–Crippen LogP) is 1.44. The molecule has 7 heteroatoms. The van der Waals surface area contributed by atoms with Crippen molar-refractivity contribution in [1.29, 1.82) is 0 Å². The molecule has 0 aliphatic carbocycles. The summed E-state index contributed by atoms with van der Waals surface area (Å²) in [5.74, 6) is -0.792. The number of carbonyl (C=O) groups is 2. The molecule has 1 unspecified atom stereocenters. The zero-order valence-corrected chi connectivity index (χ0v) is 16.1. The van der Waals surface area contributed by atoms with Gasteiger partial charge in [0.05, 0.1) is 5.92 Å². The topological polar surface area (TPSA) is 91.8 Å². The van der Waals surface area contributed by atoms with E-state index in [0.717, 1.165) is 44.7 Å². The van der Waals surface area contributed by atoms with E-state index in [1.54, 1.807) is 0 Å². The summed E-state index contributed by atoms with van der Waals surface area (Å²) in [6.07, 6.45) is 8.10. The Morgan fingerprint density at radius 2 is 1.85 bits per heavy atom. The first-order valence-corrected chi connectivity index (χ1v) is 10.2. The maximum atomic E-state index is 13.0. The fourth-order valence-electron chi connectivity index (χ4n) is 4.31. The van der Waals surface area contributed by atoms with Crippen molar-refractivity contribution < 1.29 is 14.7 Å². The molecule has 7 nitrogen and oxygen atoms in total. The third-order valence-corrected chi connectivity index (χ3v) is 5.92. The number of nitrogens with zero attached hydrogens (tertiary/aromatic N) is 3. The van der Waals surface area contributed by atoms with E-state index in [1.165, 1.54) is 6.42 Å². The van der Waals surface area contributed by atoms with E-state index in [9.17, 15) is 14.7 Å². The van der Waals surface area contributed by atoms with Gasteiger partial charge in [-0.1, -0.05) is 0 Å². The van der Waals surface area contributed by atoms with Crippen molar-refractivity contribution >= 4 is 11.9 Å². The average molecular weight is 377 g/mol. The molecule has 2 fully saturated rings. The van der Waals surface area contributed by atoms with Crippen LogP contribution in [0.1, 0.15) is 44.2 Å². The molecule has 0 bridgehead atoms. The van der Waals surface area contributed by atoms with Crippen molar-refractivity contribution in [1.82, 2.24) is 9.58 Å². The van der Waals surface area contributed by atoms with Crippen molar-refractivity contribution in [3.05, 3.63) is 24.0 Å². The lowest BCUT2D eigenvalue weighted by molar-refractivity contribution is -0.142. The van der Waals surface area contributed by atoms with Gasteiger partial charge in [-0.05, 0) is 57.2 Å². The number of carbonyl (C=O) groups excluding carboxylic acids is 1. The smallest absolute Gasteiger partial charge is 0.306 e. The second-order valence-corrected chi connectivity index (χ2v) is 7.77. The largest absolute Gasteiger partial charge is 0.481 e. The molecule has 1 atom stereocenters. The van der Waals surface area contributed by atoms with Crippen LogP contribution in [0, 0.1) is 11.8 Å². The summed E-state index contributed by atoms with van der Waals surface area (Å²) < 4.78 is 2.12. The molecule has 2 aliphatic heterocycles. The minimum absolute atomic E-state index is 0.0849. The average Bonchev–Trinajstić information content (AvgIpc) is 3.16. The highest BCUT2D eigenvalue weighted by Gasteiger charge is 2.28. The van der Waals surface area contributed by atoms with E-state index < -0.39 is 5.97 Å². The van der Waals surface area contributed by atoms with Gasteiger partial charge in [-0.3, -0.25) is 14.3 Å². The fourth-order valence-corrected chi connectivity index (χ4v) is 4.31. The number of hydrogen-bond donors (Lipinski definition) is 2. The summed E-state index contributed by atoms with van der Waals surface area (Å²) in [6.45, 7) is 3.68. The molecular weight excluding hydrogens is 344 g/mol. The number of rotatable bonds is 7. The van der Waals surface area contributed by atoms with Crippen LogP contribution in [0.25, 0.3) is 0 Å². The van der Waals surface area contributed by atoms with Gasteiger partial charge in [-0.15, -0.1) is 0 Å². The molecule has 0 saturated carbocycles. The molecule has 2 saturated heterocycles. The molecular formula is C20H32N4O3. The monoisotopic (exact) mass is 376 g/mol. The molecule has 0 aromatic carbocycles. The number of aliphatic carboxylic acids is 1. The summed E-state index contributed by atoms with van der Waals surface area (Å²) in [5, 5.41) is 11.4. The number of carboxylic acids is 1. The highest BCUT2D eigenvalue weighted by Crippen LogP contribution is 2.22. The Morgan fingerprint density at radius 1 is 1.15 bits per heavy atom. The van der Waals surface area contributed by atoms with Gasteiger partial charge >= 0.3 is 5.97 Å².